The minimum absolute atomic E-state index is 0.139. The molecule has 0 saturated heterocycles. The van der Waals surface area contributed by atoms with E-state index in [0.29, 0.717) is 23.7 Å². The molecule has 0 bridgehead atoms. The molecule has 6 heteroatoms. The van der Waals surface area contributed by atoms with Crippen LogP contribution in [0.2, 0.25) is 5.02 Å². The largest absolute Gasteiger partial charge is 0.330 e. The minimum atomic E-state index is -3.26. The highest BCUT2D eigenvalue weighted by Gasteiger charge is 2.09. The van der Waals surface area contributed by atoms with Gasteiger partial charge in [-0.3, -0.25) is 4.72 Å². The Kier molecular flexibility index (Phi) is 6.46. The molecule has 0 radical (unpaired) electrons. The minimum Gasteiger partial charge on any atom is -0.330 e. The molecular weight excluding hydrogens is 272 g/mol. The number of nitrogens with two attached hydrogens (primary N) is 1. The Morgan fingerprint density at radius 2 is 1.67 bits per heavy atom. The van der Waals surface area contributed by atoms with Crippen molar-refractivity contribution in [3.05, 3.63) is 29.3 Å². The summed E-state index contributed by atoms with van der Waals surface area (Å²) in [6.45, 7) is 0.662. The number of anilines is 1. The van der Waals surface area contributed by atoms with Gasteiger partial charge in [0.05, 0.1) is 5.75 Å². The summed E-state index contributed by atoms with van der Waals surface area (Å²) in [5, 5.41) is 0.583. The molecule has 0 aliphatic carbocycles. The van der Waals surface area contributed by atoms with Crippen molar-refractivity contribution in [2.45, 2.75) is 25.7 Å². The molecule has 18 heavy (non-hydrogen) atoms. The fourth-order valence-electron chi connectivity index (χ4n) is 1.54. The quantitative estimate of drug-likeness (QED) is 0.723. The highest BCUT2D eigenvalue weighted by molar-refractivity contribution is 7.92. The summed E-state index contributed by atoms with van der Waals surface area (Å²) in [5.41, 5.74) is 5.91. The van der Waals surface area contributed by atoms with Gasteiger partial charge in [0.15, 0.2) is 0 Å². The van der Waals surface area contributed by atoms with Gasteiger partial charge in [0, 0.05) is 10.7 Å². The van der Waals surface area contributed by atoms with E-state index in [4.69, 9.17) is 17.3 Å². The number of unbranched alkanes of at least 4 members (excludes halogenated alkanes) is 3. The van der Waals surface area contributed by atoms with Gasteiger partial charge >= 0.3 is 0 Å². The Morgan fingerprint density at radius 3 is 2.28 bits per heavy atom. The van der Waals surface area contributed by atoms with E-state index in [1.165, 1.54) is 0 Å². The standard InChI is InChI=1S/C12H19ClN2O2S/c13-11-5-7-12(8-6-11)15-18(16,17)10-4-2-1-3-9-14/h5-8,15H,1-4,9-10,14H2. The predicted octanol–water partition coefficient (Wildman–Crippen LogP) is 2.60. The van der Waals surface area contributed by atoms with Crippen LogP contribution >= 0.6 is 11.6 Å². The Bertz CT molecular complexity index is 446. The van der Waals surface area contributed by atoms with Crippen LogP contribution in [0.3, 0.4) is 0 Å². The van der Waals surface area contributed by atoms with Gasteiger partial charge in [-0.25, -0.2) is 8.42 Å². The zero-order chi connectivity index (χ0) is 13.4. The predicted molar refractivity (Wildman–Crippen MR) is 76.4 cm³/mol. The van der Waals surface area contributed by atoms with Crippen LogP contribution in [0.25, 0.3) is 0 Å². The van der Waals surface area contributed by atoms with Crippen LogP contribution in [-0.4, -0.2) is 20.7 Å². The number of rotatable bonds is 8. The molecule has 0 heterocycles. The maximum absolute atomic E-state index is 11.7. The second-order valence-corrected chi connectivity index (χ2v) is 6.41. The summed E-state index contributed by atoms with van der Waals surface area (Å²) in [7, 11) is -3.26. The molecule has 1 aromatic rings. The van der Waals surface area contributed by atoms with Crippen molar-refractivity contribution in [2.75, 3.05) is 17.0 Å². The summed E-state index contributed by atoms with van der Waals surface area (Å²) < 4.78 is 26.0. The lowest BCUT2D eigenvalue weighted by Crippen LogP contribution is -2.16. The van der Waals surface area contributed by atoms with Crippen molar-refractivity contribution in [1.29, 1.82) is 0 Å². The van der Waals surface area contributed by atoms with Crippen molar-refractivity contribution in [1.82, 2.24) is 0 Å². The highest BCUT2D eigenvalue weighted by Crippen LogP contribution is 2.15. The normalized spacial score (nSPS) is 11.4. The van der Waals surface area contributed by atoms with Gasteiger partial charge in [0.1, 0.15) is 0 Å². The third-order valence-electron chi connectivity index (χ3n) is 2.48. The first-order chi connectivity index (χ1) is 8.53. The van der Waals surface area contributed by atoms with Crippen molar-refractivity contribution < 1.29 is 8.42 Å². The zero-order valence-corrected chi connectivity index (χ0v) is 11.8. The lowest BCUT2D eigenvalue weighted by atomic mass is 10.2. The molecule has 1 aromatic carbocycles. The van der Waals surface area contributed by atoms with Crippen LogP contribution in [0.5, 0.6) is 0 Å². The molecule has 0 saturated carbocycles. The van der Waals surface area contributed by atoms with E-state index >= 15 is 0 Å². The SMILES string of the molecule is NCCCCCCS(=O)(=O)Nc1ccc(Cl)cc1. The van der Waals surface area contributed by atoms with E-state index in [9.17, 15) is 8.42 Å². The first-order valence-electron chi connectivity index (χ1n) is 5.99. The molecule has 0 aromatic heterocycles. The lowest BCUT2D eigenvalue weighted by Gasteiger charge is -2.07. The number of halogens is 1. The van der Waals surface area contributed by atoms with Gasteiger partial charge in [-0.15, -0.1) is 0 Å². The molecule has 102 valence electrons. The monoisotopic (exact) mass is 290 g/mol. The Morgan fingerprint density at radius 1 is 1.06 bits per heavy atom. The average Bonchev–Trinajstić information content (AvgIpc) is 2.31. The second kappa shape index (κ2) is 7.61. The van der Waals surface area contributed by atoms with E-state index in [1.807, 2.05) is 0 Å². The molecule has 4 nitrogen and oxygen atoms in total. The molecule has 0 amide bonds. The first-order valence-corrected chi connectivity index (χ1v) is 8.02. The van der Waals surface area contributed by atoms with E-state index in [2.05, 4.69) is 4.72 Å². The van der Waals surface area contributed by atoms with Gasteiger partial charge in [-0.05, 0) is 43.7 Å². The summed E-state index contributed by atoms with van der Waals surface area (Å²) >= 11 is 5.73. The Labute approximate surface area is 114 Å². The number of benzene rings is 1. The molecule has 0 aliphatic heterocycles. The molecular formula is C12H19ClN2O2S. The van der Waals surface area contributed by atoms with Crippen molar-refractivity contribution in [3.8, 4) is 0 Å². The Balaban J connectivity index is 2.37. The molecule has 3 N–H and O–H groups in total. The van der Waals surface area contributed by atoms with Crippen LogP contribution in [0.15, 0.2) is 24.3 Å². The van der Waals surface area contributed by atoms with Crippen molar-refractivity contribution in [2.24, 2.45) is 5.73 Å². The van der Waals surface area contributed by atoms with Crippen LogP contribution in [0.1, 0.15) is 25.7 Å². The van der Waals surface area contributed by atoms with E-state index in [1.54, 1.807) is 24.3 Å². The molecule has 1 rings (SSSR count). The molecule has 0 unspecified atom stereocenters. The fraction of sp³-hybridized carbons (Fsp3) is 0.500. The number of sulfonamides is 1. The molecule has 0 aliphatic rings. The van der Waals surface area contributed by atoms with E-state index in [0.717, 1.165) is 19.3 Å². The maximum atomic E-state index is 11.7. The molecule has 0 atom stereocenters. The third-order valence-corrected chi connectivity index (χ3v) is 4.11. The van der Waals surface area contributed by atoms with Crippen LogP contribution in [0.4, 0.5) is 5.69 Å². The summed E-state index contributed by atoms with van der Waals surface area (Å²) in [6, 6.07) is 6.60. The fourth-order valence-corrected chi connectivity index (χ4v) is 2.85. The summed E-state index contributed by atoms with van der Waals surface area (Å²) in [4.78, 5) is 0. The number of nitrogens with one attached hydrogen (secondary N) is 1. The van der Waals surface area contributed by atoms with E-state index in [-0.39, 0.29) is 5.75 Å². The third kappa shape index (κ3) is 6.23. The van der Waals surface area contributed by atoms with Crippen LogP contribution in [-0.2, 0) is 10.0 Å². The van der Waals surface area contributed by atoms with Gasteiger partial charge in [-0.1, -0.05) is 24.4 Å². The highest BCUT2D eigenvalue weighted by atomic mass is 35.5. The van der Waals surface area contributed by atoms with Crippen LogP contribution in [0, 0.1) is 0 Å². The van der Waals surface area contributed by atoms with Gasteiger partial charge in [0.25, 0.3) is 0 Å². The first kappa shape index (κ1) is 15.3. The number of hydrogen-bond acceptors (Lipinski definition) is 3. The molecule has 0 spiro atoms. The average molecular weight is 291 g/mol. The summed E-state index contributed by atoms with van der Waals surface area (Å²) in [6.07, 6.45) is 3.47. The smallest absolute Gasteiger partial charge is 0.232 e. The molecule has 0 fully saturated rings. The zero-order valence-electron chi connectivity index (χ0n) is 10.2. The lowest BCUT2D eigenvalue weighted by molar-refractivity contribution is 0.593. The van der Waals surface area contributed by atoms with Crippen molar-refractivity contribution >= 4 is 27.3 Å². The van der Waals surface area contributed by atoms with Gasteiger partial charge in [0.2, 0.25) is 10.0 Å². The maximum Gasteiger partial charge on any atom is 0.232 e. The van der Waals surface area contributed by atoms with Crippen LogP contribution < -0.4 is 10.5 Å². The van der Waals surface area contributed by atoms with Gasteiger partial charge in [-0.2, -0.15) is 0 Å². The van der Waals surface area contributed by atoms with E-state index < -0.39 is 10.0 Å². The summed E-state index contributed by atoms with van der Waals surface area (Å²) in [5.74, 6) is 0.139. The topological polar surface area (TPSA) is 72.2 Å². The Hall–Kier alpha value is -0.780. The number of hydrogen-bond donors (Lipinski definition) is 2. The van der Waals surface area contributed by atoms with Gasteiger partial charge < -0.3 is 5.73 Å². The second-order valence-electron chi connectivity index (χ2n) is 4.13. The van der Waals surface area contributed by atoms with Crippen molar-refractivity contribution in [3.63, 3.8) is 0 Å².